The van der Waals surface area contributed by atoms with Gasteiger partial charge in [-0.05, 0) is 49.2 Å². The third kappa shape index (κ3) is 9.05. The molecule has 0 bridgehead atoms. The predicted octanol–water partition coefficient (Wildman–Crippen LogP) is 5.65. The molecule has 0 aliphatic carbocycles. The second-order valence-corrected chi connectivity index (χ2v) is 7.08. The maximum Gasteiger partial charge on any atom is 0.250 e. The number of hydrogen-bond donors (Lipinski definition) is 2. The van der Waals surface area contributed by atoms with Crippen LogP contribution < -0.4 is 10.6 Å². The lowest BCUT2D eigenvalue weighted by Gasteiger charge is -2.15. The Balaban J connectivity index is 0.00000281. The van der Waals surface area contributed by atoms with Crippen molar-refractivity contribution in [2.75, 3.05) is 12.4 Å². The third-order valence-electron chi connectivity index (χ3n) is 4.69. The number of benzene rings is 2. The molecule has 0 saturated carbocycles. The van der Waals surface area contributed by atoms with Crippen molar-refractivity contribution in [1.82, 2.24) is 5.32 Å². The Labute approximate surface area is 202 Å². The molecule has 0 heterocycles. The zero-order valence-corrected chi connectivity index (χ0v) is 20.0. The Kier molecular flexibility index (Phi) is 12.6. The van der Waals surface area contributed by atoms with Crippen LogP contribution in [0.25, 0.3) is 5.76 Å². The van der Waals surface area contributed by atoms with Crippen LogP contribution in [-0.2, 0) is 20.9 Å². The highest BCUT2D eigenvalue weighted by atomic mass is 16.5. The number of amides is 2. The van der Waals surface area contributed by atoms with E-state index in [0.29, 0.717) is 23.6 Å². The molecule has 5 nitrogen and oxygen atoms in total. The van der Waals surface area contributed by atoms with Crippen molar-refractivity contribution in [2.45, 2.75) is 26.9 Å². The van der Waals surface area contributed by atoms with Crippen molar-refractivity contribution >= 4 is 23.3 Å². The van der Waals surface area contributed by atoms with Gasteiger partial charge in [0.25, 0.3) is 0 Å². The van der Waals surface area contributed by atoms with E-state index in [-0.39, 0.29) is 18.2 Å². The summed E-state index contributed by atoms with van der Waals surface area (Å²) in [6, 6.07) is 17.0. The van der Waals surface area contributed by atoms with Crippen LogP contribution >= 0.6 is 0 Å². The lowest BCUT2D eigenvalue weighted by Crippen LogP contribution is -2.20. The average Bonchev–Trinajstić information content (AvgIpc) is 2.88. The molecule has 2 aromatic rings. The number of carbonyl (C=O) groups excluding carboxylic acids is 2. The van der Waals surface area contributed by atoms with Gasteiger partial charge in [-0.2, -0.15) is 0 Å². The first-order chi connectivity index (χ1) is 16.5. The number of carbonyl (C=O) groups is 2. The van der Waals surface area contributed by atoms with Gasteiger partial charge in [0.2, 0.25) is 11.8 Å². The normalized spacial score (nSPS) is 11.5. The maximum absolute atomic E-state index is 12.3. The lowest BCUT2D eigenvalue weighted by molar-refractivity contribution is -0.117. The van der Waals surface area contributed by atoms with Gasteiger partial charge in [-0.25, -0.2) is 0 Å². The largest absolute Gasteiger partial charge is 0.488 e. The lowest BCUT2D eigenvalue weighted by atomic mass is 10.1. The molecule has 0 radical (unpaired) electrons. The van der Waals surface area contributed by atoms with Crippen LogP contribution in [0, 0.1) is 12.8 Å². The number of rotatable bonds is 10. The molecule has 0 spiro atoms. The SMILES string of the molecule is C#C.C=C/C(=C\C=C/C)CC(=O)Nc1ccc(/C(OCc2ccccc2)=C(/C)C(=O)NC)cc1. The Morgan fingerprint density at radius 3 is 2.26 bits per heavy atom. The fourth-order valence-corrected chi connectivity index (χ4v) is 2.94. The fourth-order valence-electron chi connectivity index (χ4n) is 2.94. The Hall–Kier alpha value is -4.30. The number of likely N-dealkylation sites (N-methyl/N-ethyl adjacent to an activating group) is 1. The van der Waals surface area contributed by atoms with Crippen molar-refractivity contribution < 1.29 is 14.3 Å². The summed E-state index contributed by atoms with van der Waals surface area (Å²) in [6.07, 6.45) is 15.5. The second kappa shape index (κ2) is 15.5. The first kappa shape index (κ1) is 27.7. The summed E-state index contributed by atoms with van der Waals surface area (Å²) in [4.78, 5) is 24.6. The van der Waals surface area contributed by atoms with Crippen LogP contribution in [0.1, 0.15) is 31.4 Å². The van der Waals surface area contributed by atoms with Gasteiger partial charge in [0.15, 0.2) is 0 Å². The zero-order valence-electron chi connectivity index (χ0n) is 20.0. The molecular weight excluding hydrogens is 424 g/mol. The van der Waals surface area contributed by atoms with E-state index in [2.05, 4.69) is 30.1 Å². The summed E-state index contributed by atoms with van der Waals surface area (Å²) in [5, 5.41) is 5.52. The summed E-state index contributed by atoms with van der Waals surface area (Å²) in [7, 11) is 1.58. The van der Waals surface area contributed by atoms with Crippen LogP contribution in [0.4, 0.5) is 5.69 Å². The second-order valence-electron chi connectivity index (χ2n) is 7.08. The summed E-state index contributed by atoms with van der Waals surface area (Å²) >= 11 is 0. The minimum absolute atomic E-state index is 0.133. The summed E-state index contributed by atoms with van der Waals surface area (Å²) in [6.45, 7) is 7.73. The van der Waals surface area contributed by atoms with E-state index in [1.54, 1.807) is 32.2 Å². The van der Waals surface area contributed by atoms with Gasteiger partial charge in [0.05, 0.1) is 12.0 Å². The highest BCUT2D eigenvalue weighted by molar-refractivity contribution is 5.99. The molecular formula is C29H32N2O3. The monoisotopic (exact) mass is 456 g/mol. The molecule has 0 atom stereocenters. The topological polar surface area (TPSA) is 67.4 Å². The molecule has 0 saturated heterocycles. The predicted molar refractivity (Wildman–Crippen MR) is 141 cm³/mol. The van der Waals surface area contributed by atoms with Gasteiger partial charge in [0, 0.05) is 18.3 Å². The van der Waals surface area contributed by atoms with E-state index in [1.807, 2.05) is 67.6 Å². The van der Waals surface area contributed by atoms with E-state index in [0.717, 1.165) is 16.7 Å². The van der Waals surface area contributed by atoms with Gasteiger partial charge in [0.1, 0.15) is 12.4 Å². The van der Waals surface area contributed by atoms with Crippen LogP contribution in [0.5, 0.6) is 0 Å². The maximum atomic E-state index is 12.3. The molecule has 2 N–H and O–H groups in total. The molecule has 0 unspecified atom stereocenters. The molecule has 34 heavy (non-hydrogen) atoms. The minimum Gasteiger partial charge on any atom is -0.488 e. The molecule has 2 rings (SSSR count). The number of nitrogens with one attached hydrogen (secondary N) is 2. The number of anilines is 1. The van der Waals surface area contributed by atoms with E-state index in [1.165, 1.54) is 0 Å². The minimum atomic E-state index is -0.213. The summed E-state index contributed by atoms with van der Waals surface area (Å²) in [5.74, 6) is 0.149. The molecule has 5 heteroatoms. The van der Waals surface area contributed by atoms with Crippen molar-refractivity contribution in [3.8, 4) is 12.8 Å². The smallest absolute Gasteiger partial charge is 0.250 e. The van der Waals surface area contributed by atoms with Gasteiger partial charge in [-0.15, -0.1) is 12.8 Å². The quantitative estimate of drug-likeness (QED) is 0.210. The van der Waals surface area contributed by atoms with Crippen LogP contribution in [0.2, 0.25) is 0 Å². The zero-order chi connectivity index (χ0) is 25.3. The summed E-state index contributed by atoms with van der Waals surface area (Å²) < 4.78 is 6.03. The van der Waals surface area contributed by atoms with Gasteiger partial charge >= 0.3 is 0 Å². The van der Waals surface area contributed by atoms with E-state index >= 15 is 0 Å². The van der Waals surface area contributed by atoms with Crippen molar-refractivity contribution in [3.05, 3.63) is 108 Å². The van der Waals surface area contributed by atoms with Crippen LogP contribution in [-0.4, -0.2) is 18.9 Å². The fraction of sp³-hybridized carbons (Fsp3) is 0.172. The summed E-state index contributed by atoms with van der Waals surface area (Å²) in [5.41, 5.74) is 3.72. The highest BCUT2D eigenvalue weighted by Crippen LogP contribution is 2.24. The molecule has 2 aromatic carbocycles. The van der Waals surface area contributed by atoms with Gasteiger partial charge in [-0.1, -0.05) is 61.2 Å². The molecule has 0 fully saturated rings. The number of ether oxygens (including phenoxy) is 1. The van der Waals surface area contributed by atoms with Gasteiger partial charge < -0.3 is 15.4 Å². The van der Waals surface area contributed by atoms with Crippen molar-refractivity contribution in [3.63, 3.8) is 0 Å². The van der Waals surface area contributed by atoms with E-state index in [4.69, 9.17) is 4.74 Å². The third-order valence-corrected chi connectivity index (χ3v) is 4.69. The number of allylic oxidation sites excluding steroid dienone is 4. The van der Waals surface area contributed by atoms with E-state index in [9.17, 15) is 9.59 Å². The van der Waals surface area contributed by atoms with E-state index < -0.39 is 0 Å². The molecule has 0 aliphatic rings. The van der Waals surface area contributed by atoms with Crippen molar-refractivity contribution in [1.29, 1.82) is 0 Å². The van der Waals surface area contributed by atoms with Crippen LogP contribution in [0.3, 0.4) is 0 Å². The molecule has 2 amide bonds. The molecule has 0 aliphatic heterocycles. The Morgan fingerprint density at radius 1 is 1.06 bits per heavy atom. The van der Waals surface area contributed by atoms with Gasteiger partial charge in [-0.3, -0.25) is 9.59 Å². The number of terminal acetylenes is 1. The Bertz CT molecular complexity index is 1060. The first-order valence-corrected chi connectivity index (χ1v) is 10.8. The van der Waals surface area contributed by atoms with Crippen molar-refractivity contribution in [2.24, 2.45) is 0 Å². The Morgan fingerprint density at radius 2 is 1.71 bits per heavy atom. The highest BCUT2D eigenvalue weighted by Gasteiger charge is 2.14. The average molecular weight is 457 g/mol. The standard InChI is InChI=1S/C27H30N2O3.C2H2/c1-5-7-11-21(6-2)18-25(30)29-24-16-14-23(15-17-24)26(20(3)27(31)28-4)32-19-22-12-9-8-10-13-22;1-2/h5-17H,2,18-19H2,1,3-4H3,(H,28,31)(H,29,30);1-2H/b7-5-,21-11+,26-20+;. The number of hydrogen-bond acceptors (Lipinski definition) is 3. The molecule has 176 valence electrons. The molecule has 0 aromatic heterocycles. The first-order valence-electron chi connectivity index (χ1n) is 10.8. The van der Waals surface area contributed by atoms with Crippen LogP contribution in [0.15, 0.2) is 96.6 Å².